The second-order valence-electron chi connectivity index (χ2n) is 5.75. The Bertz CT molecular complexity index is 583. The van der Waals surface area contributed by atoms with E-state index in [1.165, 1.54) is 0 Å². The monoisotopic (exact) mass is 316 g/mol. The molecular formula is C19H28N2O2. The molecule has 0 N–H and O–H groups in total. The van der Waals surface area contributed by atoms with E-state index in [9.17, 15) is 0 Å². The molecule has 0 saturated carbocycles. The first-order valence-corrected chi connectivity index (χ1v) is 8.08. The molecule has 0 saturated heterocycles. The molecule has 0 unspecified atom stereocenters. The average molecular weight is 316 g/mol. The summed E-state index contributed by atoms with van der Waals surface area (Å²) < 4.78 is 10.3. The van der Waals surface area contributed by atoms with Crippen LogP contribution in [0.1, 0.15) is 57.8 Å². The van der Waals surface area contributed by atoms with Gasteiger partial charge in [-0.1, -0.05) is 39.8 Å². The largest absolute Gasteiger partial charge is 0.481 e. The van der Waals surface area contributed by atoms with E-state index in [1.54, 1.807) is 7.11 Å². The van der Waals surface area contributed by atoms with Crippen molar-refractivity contribution in [2.24, 2.45) is 0 Å². The summed E-state index contributed by atoms with van der Waals surface area (Å²) in [5, 5.41) is 0. The van der Waals surface area contributed by atoms with Crippen LogP contribution >= 0.6 is 0 Å². The van der Waals surface area contributed by atoms with E-state index in [-0.39, 0.29) is 0 Å². The van der Waals surface area contributed by atoms with Gasteiger partial charge < -0.3 is 9.47 Å². The molecule has 0 fully saturated rings. The Morgan fingerprint density at radius 1 is 0.826 bits per heavy atom. The first-order valence-electron chi connectivity index (χ1n) is 8.08. The summed E-state index contributed by atoms with van der Waals surface area (Å²) in [7, 11) is 1.63. The van der Waals surface area contributed by atoms with Gasteiger partial charge in [0.05, 0.1) is 13.7 Å². The van der Waals surface area contributed by atoms with Crippen LogP contribution in [0.2, 0.25) is 0 Å². The summed E-state index contributed by atoms with van der Waals surface area (Å²) in [5.74, 6) is 2.34. The molecule has 2 rings (SSSR count). The standard InChI is InChI=1S/C10H15NO.C9H13NO/c1-4-12-10-7-5-6-9(11-10)8(2)3;1-7(2)8-5-4-6-9(10-8)11-3/h5-8H,4H2,1-3H3;4-7H,1-3H3. The molecule has 0 bridgehead atoms. The van der Waals surface area contributed by atoms with Gasteiger partial charge in [-0.25, -0.2) is 9.97 Å². The maximum atomic E-state index is 5.29. The summed E-state index contributed by atoms with van der Waals surface area (Å²) in [6.07, 6.45) is 0. The van der Waals surface area contributed by atoms with Crippen LogP contribution in [0.25, 0.3) is 0 Å². The Balaban J connectivity index is 0.000000231. The molecule has 0 aliphatic rings. The number of hydrogen-bond acceptors (Lipinski definition) is 4. The molecule has 0 aliphatic heterocycles. The smallest absolute Gasteiger partial charge is 0.213 e. The molecule has 4 heteroatoms. The van der Waals surface area contributed by atoms with Crippen molar-refractivity contribution in [3.05, 3.63) is 47.8 Å². The van der Waals surface area contributed by atoms with Crippen molar-refractivity contribution < 1.29 is 9.47 Å². The van der Waals surface area contributed by atoms with Gasteiger partial charge in [-0.15, -0.1) is 0 Å². The van der Waals surface area contributed by atoms with Crippen molar-refractivity contribution in [3.8, 4) is 11.8 Å². The Labute approximate surface area is 139 Å². The highest BCUT2D eigenvalue weighted by molar-refractivity contribution is 5.18. The van der Waals surface area contributed by atoms with Crippen LogP contribution in [0, 0.1) is 0 Å². The maximum Gasteiger partial charge on any atom is 0.213 e. The van der Waals surface area contributed by atoms with E-state index < -0.39 is 0 Å². The summed E-state index contributed by atoms with van der Waals surface area (Å²) in [6, 6.07) is 11.7. The van der Waals surface area contributed by atoms with Gasteiger partial charge in [0.2, 0.25) is 11.8 Å². The van der Waals surface area contributed by atoms with Crippen LogP contribution in [0.4, 0.5) is 0 Å². The van der Waals surface area contributed by atoms with Crippen LogP contribution in [0.3, 0.4) is 0 Å². The van der Waals surface area contributed by atoms with E-state index in [0.29, 0.717) is 24.3 Å². The lowest BCUT2D eigenvalue weighted by Gasteiger charge is -2.06. The van der Waals surface area contributed by atoms with Gasteiger partial charge in [0, 0.05) is 23.5 Å². The lowest BCUT2D eigenvalue weighted by molar-refractivity contribution is 0.325. The van der Waals surface area contributed by atoms with Crippen molar-refractivity contribution in [3.63, 3.8) is 0 Å². The fourth-order valence-electron chi connectivity index (χ4n) is 1.85. The Kier molecular flexibility index (Phi) is 8.09. The quantitative estimate of drug-likeness (QED) is 0.793. The Morgan fingerprint density at radius 3 is 1.74 bits per heavy atom. The van der Waals surface area contributed by atoms with Crippen molar-refractivity contribution in [2.75, 3.05) is 13.7 Å². The predicted octanol–water partition coefficient (Wildman–Crippen LogP) is 4.82. The molecular weight excluding hydrogens is 288 g/mol. The average Bonchev–Trinajstić information content (AvgIpc) is 2.56. The van der Waals surface area contributed by atoms with Crippen molar-refractivity contribution in [1.82, 2.24) is 9.97 Å². The number of aromatic nitrogens is 2. The SMILES string of the molecule is CCOc1cccc(C(C)C)n1.COc1cccc(C(C)C)n1. The van der Waals surface area contributed by atoms with Crippen LogP contribution in [0.15, 0.2) is 36.4 Å². The molecule has 0 radical (unpaired) electrons. The molecule has 0 atom stereocenters. The van der Waals surface area contributed by atoms with E-state index in [2.05, 4.69) is 37.7 Å². The van der Waals surface area contributed by atoms with Gasteiger partial charge in [-0.2, -0.15) is 0 Å². The molecule has 4 nitrogen and oxygen atoms in total. The third-order valence-corrected chi connectivity index (χ3v) is 3.17. The molecule has 0 spiro atoms. The van der Waals surface area contributed by atoms with Gasteiger partial charge in [0.15, 0.2) is 0 Å². The van der Waals surface area contributed by atoms with Crippen molar-refractivity contribution >= 4 is 0 Å². The fraction of sp³-hybridized carbons (Fsp3) is 0.474. The van der Waals surface area contributed by atoms with Crippen LogP contribution in [0.5, 0.6) is 11.8 Å². The minimum atomic E-state index is 0.463. The highest BCUT2D eigenvalue weighted by Gasteiger charge is 2.01. The van der Waals surface area contributed by atoms with Gasteiger partial charge in [-0.05, 0) is 30.9 Å². The minimum Gasteiger partial charge on any atom is -0.481 e. The molecule has 0 aliphatic carbocycles. The topological polar surface area (TPSA) is 44.2 Å². The zero-order valence-electron chi connectivity index (χ0n) is 15.0. The van der Waals surface area contributed by atoms with Gasteiger partial charge in [0.1, 0.15) is 0 Å². The summed E-state index contributed by atoms with van der Waals surface area (Å²) >= 11 is 0. The maximum absolute atomic E-state index is 5.29. The minimum absolute atomic E-state index is 0.463. The number of nitrogens with zero attached hydrogens (tertiary/aromatic N) is 2. The second kappa shape index (κ2) is 9.82. The Hall–Kier alpha value is -2.10. The number of hydrogen-bond donors (Lipinski definition) is 0. The lowest BCUT2D eigenvalue weighted by Crippen LogP contribution is -1.98. The molecule has 23 heavy (non-hydrogen) atoms. The van der Waals surface area contributed by atoms with Gasteiger partial charge >= 0.3 is 0 Å². The van der Waals surface area contributed by atoms with Crippen molar-refractivity contribution in [1.29, 1.82) is 0 Å². The third-order valence-electron chi connectivity index (χ3n) is 3.17. The number of methoxy groups -OCH3 is 1. The molecule has 2 aromatic rings. The first kappa shape index (κ1) is 18.9. The second-order valence-corrected chi connectivity index (χ2v) is 5.75. The number of pyridine rings is 2. The normalized spacial score (nSPS) is 10.3. The highest BCUT2D eigenvalue weighted by atomic mass is 16.5. The van der Waals surface area contributed by atoms with Gasteiger partial charge in [-0.3, -0.25) is 0 Å². The predicted molar refractivity (Wildman–Crippen MR) is 94.4 cm³/mol. The zero-order chi connectivity index (χ0) is 17.2. The first-order chi connectivity index (χ1) is 11.0. The molecule has 0 aromatic carbocycles. The van der Waals surface area contributed by atoms with Crippen LogP contribution < -0.4 is 9.47 Å². The molecule has 2 aromatic heterocycles. The summed E-state index contributed by atoms with van der Waals surface area (Å²) in [4.78, 5) is 8.61. The van der Waals surface area contributed by atoms with Crippen LogP contribution in [-0.2, 0) is 0 Å². The highest BCUT2D eigenvalue weighted by Crippen LogP contribution is 2.15. The van der Waals surface area contributed by atoms with Crippen molar-refractivity contribution in [2.45, 2.75) is 46.5 Å². The van der Waals surface area contributed by atoms with E-state index in [0.717, 1.165) is 17.3 Å². The molecule has 126 valence electrons. The molecule has 0 amide bonds. The van der Waals surface area contributed by atoms with Crippen LogP contribution in [-0.4, -0.2) is 23.7 Å². The number of ether oxygens (including phenoxy) is 2. The molecule has 2 heterocycles. The van der Waals surface area contributed by atoms with E-state index >= 15 is 0 Å². The van der Waals surface area contributed by atoms with Gasteiger partial charge in [0.25, 0.3) is 0 Å². The third kappa shape index (κ3) is 6.68. The Morgan fingerprint density at radius 2 is 1.30 bits per heavy atom. The van der Waals surface area contributed by atoms with E-state index in [4.69, 9.17) is 9.47 Å². The van der Waals surface area contributed by atoms with E-state index in [1.807, 2.05) is 43.3 Å². The summed E-state index contributed by atoms with van der Waals surface area (Å²) in [5.41, 5.74) is 2.16. The fourth-order valence-corrected chi connectivity index (χ4v) is 1.85. The zero-order valence-corrected chi connectivity index (χ0v) is 15.0. The summed E-state index contributed by atoms with van der Waals surface area (Å²) in [6.45, 7) is 11.1. The lowest BCUT2D eigenvalue weighted by atomic mass is 10.1. The number of rotatable bonds is 5.